The van der Waals surface area contributed by atoms with Crippen LogP contribution in [-0.2, 0) is 13.1 Å². The molecule has 7 heteroatoms. The van der Waals surface area contributed by atoms with E-state index in [4.69, 9.17) is 19.2 Å². The molecular weight excluding hydrogens is 607 g/mol. The smallest absolute Gasteiger partial charge is 0.164 e. The molecule has 4 aromatic rings. The van der Waals surface area contributed by atoms with Crippen LogP contribution in [0, 0.1) is 0 Å². The third kappa shape index (κ3) is 8.70. The van der Waals surface area contributed by atoms with Crippen molar-refractivity contribution in [1.82, 2.24) is 4.90 Å². The maximum Gasteiger partial charge on any atom is 0.164 e. The Hall–Kier alpha value is -3.17. The van der Waals surface area contributed by atoms with Crippen molar-refractivity contribution < 1.29 is 14.2 Å². The molecule has 5 nitrogen and oxygen atoms in total. The average Bonchev–Trinajstić information content (AvgIpc) is 2.95. The van der Waals surface area contributed by atoms with Gasteiger partial charge in [-0.1, -0.05) is 61.2 Å². The molecule has 0 unspecified atom stereocenters. The Morgan fingerprint density at radius 1 is 0.658 bits per heavy atom. The van der Waals surface area contributed by atoms with Gasteiger partial charge in [-0.3, -0.25) is 0 Å². The van der Waals surface area contributed by atoms with Gasteiger partial charge in [-0.25, -0.2) is 4.99 Å². The number of methoxy groups -OCH3 is 2. The van der Waals surface area contributed by atoms with Crippen LogP contribution in [-0.4, -0.2) is 30.0 Å². The highest BCUT2D eigenvalue weighted by atomic mass is 127. The maximum atomic E-state index is 5.94. The second kappa shape index (κ2) is 15.3. The molecule has 0 fully saturated rings. The normalized spacial score (nSPS) is 10.9. The molecule has 0 spiro atoms. The molecule has 0 bridgehead atoms. The van der Waals surface area contributed by atoms with Gasteiger partial charge in [0.25, 0.3) is 0 Å². The maximum absolute atomic E-state index is 5.94. The van der Waals surface area contributed by atoms with E-state index >= 15 is 0 Å². The van der Waals surface area contributed by atoms with Crippen molar-refractivity contribution in [2.24, 2.45) is 4.99 Å². The fraction of sp³-hybridized carbons (Fsp3) is 0.194. The number of halogens is 1. The fourth-order valence-corrected chi connectivity index (χ4v) is 4.48. The number of hydrogen-bond acceptors (Lipinski definition) is 5. The van der Waals surface area contributed by atoms with E-state index in [-0.39, 0.29) is 24.0 Å². The first-order valence-corrected chi connectivity index (χ1v) is 13.2. The Labute approximate surface area is 246 Å². The molecule has 38 heavy (non-hydrogen) atoms. The molecular formula is C31H33IN2O3S. The summed E-state index contributed by atoms with van der Waals surface area (Å²) >= 11 is 1.74. The van der Waals surface area contributed by atoms with E-state index in [1.807, 2.05) is 78.9 Å². The van der Waals surface area contributed by atoms with E-state index in [9.17, 15) is 0 Å². The van der Waals surface area contributed by atoms with Crippen LogP contribution < -0.4 is 14.2 Å². The third-order valence-electron chi connectivity index (χ3n) is 5.65. The van der Waals surface area contributed by atoms with Gasteiger partial charge in [0.1, 0.15) is 23.0 Å². The summed E-state index contributed by atoms with van der Waals surface area (Å²) in [5.41, 5.74) is 3.25. The summed E-state index contributed by atoms with van der Waals surface area (Å²) in [4.78, 5) is 7.37. The van der Waals surface area contributed by atoms with E-state index in [1.54, 1.807) is 26.0 Å². The number of amidine groups is 1. The molecule has 0 saturated carbocycles. The van der Waals surface area contributed by atoms with Crippen LogP contribution >= 0.6 is 35.7 Å². The van der Waals surface area contributed by atoms with Gasteiger partial charge in [-0.05, 0) is 77.5 Å². The second-order valence-electron chi connectivity index (χ2n) is 8.29. The molecule has 4 rings (SSSR count). The van der Waals surface area contributed by atoms with Crippen LogP contribution in [0.15, 0.2) is 108 Å². The first-order chi connectivity index (χ1) is 18.2. The van der Waals surface area contributed by atoms with Gasteiger partial charge in [0, 0.05) is 13.1 Å². The quantitative estimate of drug-likeness (QED) is 0.0988. The molecule has 0 amide bonds. The average molecular weight is 641 g/mol. The lowest BCUT2D eigenvalue weighted by Crippen LogP contribution is -2.28. The van der Waals surface area contributed by atoms with Crippen LogP contribution in [0.25, 0.3) is 0 Å². The lowest BCUT2D eigenvalue weighted by atomic mass is 10.1. The fourth-order valence-electron chi connectivity index (χ4n) is 3.74. The Morgan fingerprint density at radius 2 is 1.13 bits per heavy atom. The standard InChI is InChI=1S/C31H32N2O3S.HI/c1-4-37-31(32-26-14-20-30(21-15-26)36-29-8-6-5-7-9-29)33(22-24-10-16-27(34-2)17-11-24)23-25-12-18-28(35-3)19-13-25;/h5-21H,4,22-23H2,1-3H3;1H. The van der Waals surface area contributed by atoms with Gasteiger partial charge in [0.2, 0.25) is 0 Å². The number of para-hydroxylation sites is 1. The Kier molecular flexibility index (Phi) is 11.8. The Morgan fingerprint density at radius 3 is 1.61 bits per heavy atom. The van der Waals surface area contributed by atoms with Crippen LogP contribution in [0.5, 0.6) is 23.0 Å². The molecule has 0 radical (unpaired) electrons. The number of aliphatic imine (C=N–C) groups is 1. The van der Waals surface area contributed by atoms with Crippen molar-refractivity contribution in [1.29, 1.82) is 0 Å². The molecule has 0 heterocycles. The lowest BCUT2D eigenvalue weighted by Gasteiger charge is -2.26. The van der Waals surface area contributed by atoms with Crippen molar-refractivity contribution >= 4 is 46.6 Å². The van der Waals surface area contributed by atoms with E-state index in [2.05, 4.69) is 36.1 Å². The van der Waals surface area contributed by atoms with E-state index < -0.39 is 0 Å². The molecule has 4 aromatic carbocycles. The molecule has 0 aliphatic rings. The van der Waals surface area contributed by atoms with Crippen molar-refractivity contribution in [3.05, 3.63) is 114 Å². The van der Waals surface area contributed by atoms with Crippen molar-refractivity contribution in [3.63, 3.8) is 0 Å². The topological polar surface area (TPSA) is 43.3 Å². The zero-order valence-electron chi connectivity index (χ0n) is 21.9. The Balaban J connectivity index is 0.00000400. The molecule has 198 valence electrons. The van der Waals surface area contributed by atoms with E-state index in [0.717, 1.165) is 52.7 Å². The summed E-state index contributed by atoms with van der Waals surface area (Å²) in [5.74, 6) is 4.20. The molecule has 0 aliphatic heterocycles. The number of ether oxygens (including phenoxy) is 3. The predicted octanol–water partition coefficient (Wildman–Crippen LogP) is 8.56. The van der Waals surface area contributed by atoms with Crippen LogP contribution in [0.3, 0.4) is 0 Å². The molecule has 0 aliphatic carbocycles. The van der Waals surface area contributed by atoms with Crippen molar-refractivity contribution in [2.75, 3.05) is 20.0 Å². The second-order valence-corrected chi connectivity index (χ2v) is 9.52. The highest BCUT2D eigenvalue weighted by molar-refractivity contribution is 14.0. The van der Waals surface area contributed by atoms with Gasteiger partial charge >= 0.3 is 0 Å². The number of thioether (sulfide) groups is 1. The number of hydrogen-bond donors (Lipinski definition) is 0. The molecule has 0 N–H and O–H groups in total. The first-order valence-electron chi connectivity index (χ1n) is 12.2. The summed E-state index contributed by atoms with van der Waals surface area (Å²) < 4.78 is 16.6. The van der Waals surface area contributed by atoms with Gasteiger partial charge in [0.05, 0.1) is 19.9 Å². The van der Waals surface area contributed by atoms with Crippen LogP contribution in [0.2, 0.25) is 0 Å². The zero-order chi connectivity index (χ0) is 25.9. The monoisotopic (exact) mass is 640 g/mol. The summed E-state index contributed by atoms with van der Waals surface area (Å²) in [6.45, 7) is 3.59. The summed E-state index contributed by atoms with van der Waals surface area (Å²) in [7, 11) is 3.37. The van der Waals surface area contributed by atoms with Crippen LogP contribution in [0.4, 0.5) is 5.69 Å². The minimum absolute atomic E-state index is 0. The summed E-state index contributed by atoms with van der Waals surface area (Å²) in [6.07, 6.45) is 0. The first kappa shape index (κ1) is 29.4. The largest absolute Gasteiger partial charge is 0.497 e. The van der Waals surface area contributed by atoms with E-state index in [1.165, 1.54) is 11.1 Å². The van der Waals surface area contributed by atoms with Crippen LogP contribution in [0.1, 0.15) is 18.1 Å². The number of rotatable bonds is 10. The van der Waals surface area contributed by atoms with E-state index in [0.29, 0.717) is 0 Å². The predicted molar refractivity (Wildman–Crippen MR) is 169 cm³/mol. The molecule has 0 saturated heterocycles. The minimum Gasteiger partial charge on any atom is -0.497 e. The zero-order valence-corrected chi connectivity index (χ0v) is 25.0. The van der Waals surface area contributed by atoms with Gasteiger partial charge in [-0.15, -0.1) is 24.0 Å². The van der Waals surface area contributed by atoms with Crippen molar-refractivity contribution in [2.45, 2.75) is 20.0 Å². The lowest BCUT2D eigenvalue weighted by molar-refractivity contribution is 0.405. The highest BCUT2D eigenvalue weighted by Crippen LogP contribution is 2.27. The number of benzene rings is 4. The molecule has 0 aromatic heterocycles. The SMILES string of the molecule is CCSC(=Nc1ccc(Oc2ccccc2)cc1)N(Cc1ccc(OC)cc1)Cc1ccc(OC)cc1.I. The van der Waals surface area contributed by atoms with Crippen molar-refractivity contribution in [3.8, 4) is 23.0 Å². The summed E-state index contributed by atoms with van der Waals surface area (Å²) in [6, 6.07) is 34.1. The summed E-state index contributed by atoms with van der Waals surface area (Å²) in [5, 5.41) is 0.964. The minimum atomic E-state index is 0. The van der Waals surface area contributed by atoms with Gasteiger partial charge < -0.3 is 19.1 Å². The Bertz CT molecular complexity index is 1220. The van der Waals surface area contributed by atoms with Gasteiger partial charge in [0.15, 0.2) is 5.17 Å². The van der Waals surface area contributed by atoms with Gasteiger partial charge in [-0.2, -0.15) is 0 Å². The third-order valence-corrected chi connectivity index (χ3v) is 6.55. The molecule has 0 atom stereocenters. The number of nitrogens with zero attached hydrogens (tertiary/aromatic N) is 2. The highest BCUT2D eigenvalue weighted by Gasteiger charge is 2.14.